The number of hydrogen-bond acceptors (Lipinski definition) is 3. The second-order valence-electron chi connectivity index (χ2n) is 3.41. The number of thiophene rings is 1. The van der Waals surface area contributed by atoms with Crippen molar-refractivity contribution in [3.05, 3.63) is 38.5 Å². The lowest BCUT2D eigenvalue weighted by Crippen LogP contribution is -2.27. The molecule has 0 bridgehead atoms. The van der Waals surface area contributed by atoms with Gasteiger partial charge >= 0.3 is 0 Å². The van der Waals surface area contributed by atoms with Crippen LogP contribution >= 0.6 is 34.5 Å². The van der Waals surface area contributed by atoms with Gasteiger partial charge in [0.25, 0.3) is 5.91 Å². The zero-order valence-electron chi connectivity index (χ0n) is 8.83. The standard InChI is InChI=1S/C10H9Cl2N3OS/c1-5(9-13-2-3-14-9)15-10(16)6-4-7(11)17-8(6)12/h2-5H,1H3,(H,13,14)(H,15,16). The Balaban J connectivity index is 2.09. The number of rotatable bonds is 3. The molecule has 0 aliphatic carbocycles. The van der Waals surface area contributed by atoms with Crippen molar-refractivity contribution in [3.63, 3.8) is 0 Å². The number of nitrogens with one attached hydrogen (secondary N) is 2. The highest BCUT2D eigenvalue weighted by molar-refractivity contribution is 7.20. The summed E-state index contributed by atoms with van der Waals surface area (Å²) in [7, 11) is 0. The molecule has 0 aliphatic rings. The Morgan fingerprint density at radius 3 is 2.88 bits per heavy atom. The zero-order valence-corrected chi connectivity index (χ0v) is 11.2. The van der Waals surface area contributed by atoms with Crippen LogP contribution in [0.2, 0.25) is 8.67 Å². The summed E-state index contributed by atoms with van der Waals surface area (Å²) in [6, 6.07) is 1.34. The van der Waals surface area contributed by atoms with Crippen molar-refractivity contribution in [2.75, 3.05) is 0 Å². The lowest BCUT2D eigenvalue weighted by atomic mass is 10.2. The SMILES string of the molecule is CC(NC(=O)c1cc(Cl)sc1Cl)c1ncc[nH]1. The average molecular weight is 290 g/mol. The van der Waals surface area contributed by atoms with Gasteiger partial charge in [-0.25, -0.2) is 4.98 Å². The molecular weight excluding hydrogens is 281 g/mol. The van der Waals surface area contributed by atoms with Crippen LogP contribution in [0, 0.1) is 0 Å². The zero-order chi connectivity index (χ0) is 12.4. The molecule has 4 nitrogen and oxygen atoms in total. The second kappa shape index (κ2) is 5.08. The third kappa shape index (κ3) is 2.80. The van der Waals surface area contributed by atoms with Crippen LogP contribution in [0.1, 0.15) is 29.1 Å². The predicted molar refractivity (Wildman–Crippen MR) is 68.8 cm³/mol. The van der Waals surface area contributed by atoms with E-state index in [1.807, 2.05) is 6.92 Å². The van der Waals surface area contributed by atoms with Gasteiger partial charge in [-0.05, 0) is 13.0 Å². The van der Waals surface area contributed by atoms with Crippen molar-refractivity contribution in [1.29, 1.82) is 0 Å². The van der Waals surface area contributed by atoms with Crippen molar-refractivity contribution < 1.29 is 4.79 Å². The normalized spacial score (nSPS) is 12.4. The number of carbonyl (C=O) groups excluding carboxylic acids is 1. The molecule has 0 fully saturated rings. The fourth-order valence-corrected chi connectivity index (χ4v) is 2.81. The minimum atomic E-state index is -0.262. The Morgan fingerprint density at radius 1 is 1.59 bits per heavy atom. The largest absolute Gasteiger partial charge is 0.347 e. The average Bonchev–Trinajstić information content (AvgIpc) is 2.87. The molecule has 2 N–H and O–H groups in total. The van der Waals surface area contributed by atoms with Crippen LogP contribution in [-0.4, -0.2) is 15.9 Å². The molecule has 90 valence electrons. The van der Waals surface area contributed by atoms with Crippen LogP contribution < -0.4 is 5.32 Å². The summed E-state index contributed by atoms with van der Waals surface area (Å²) in [5.74, 6) is 0.429. The summed E-state index contributed by atoms with van der Waals surface area (Å²) in [4.78, 5) is 18.9. The molecule has 0 saturated carbocycles. The molecule has 0 saturated heterocycles. The minimum absolute atomic E-state index is 0.216. The quantitative estimate of drug-likeness (QED) is 0.911. The summed E-state index contributed by atoms with van der Waals surface area (Å²) in [6.07, 6.45) is 3.33. The van der Waals surface area contributed by atoms with Crippen LogP contribution in [0.3, 0.4) is 0 Å². The Labute approximate surface area is 112 Å². The predicted octanol–water partition coefficient (Wildman–Crippen LogP) is 3.27. The summed E-state index contributed by atoms with van der Waals surface area (Å²) in [5, 5.41) is 2.78. The number of halogens is 2. The van der Waals surface area contributed by atoms with E-state index in [1.54, 1.807) is 18.5 Å². The fourth-order valence-electron chi connectivity index (χ4n) is 1.35. The first-order chi connectivity index (χ1) is 8.08. The summed E-state index contributed by atoms with van der Waals surface area (Å²) >= 11 is 12.8. The highest BCUT2D eigenvalue weighted by Gasteiger charge is 2.17. The molecule has 7 heteroatoms. The molecule has 0 radical (unpaired) electrons. The maximum Gasteiger partial charge on any atom is 0.254 e. The first-order valence-electron chi connectivity index (χ1n) is 4.83. The van der Waals surface area contributed by atoms with Crippen molar-refractivity contribution >= 4 is 40.4 Å². The number of nitrogens with zero attached hydrogens (tertiary/aromatic N) is 1. The first-order valence-corrected chi connectivity index (χ1v) is 6.40. The number of carbonyl (C=O) groups is 1. The maximum absolute atomic E-state index is 11.9. The highest BCUT2D eigenvalue weighted by atomic mass is 35.5. The highest BCUT2D eigenvalue weighted by Crippen LogP contribution is 2.31. The van der Waals surface area contributed by atoms with Crippen molar-refractivity contribution in [3.8, 4) is 0 Å². The first kappa shape index (κ1) is 12.4. The maximum atomic E-state index is 11.9. The van der Waals surface area contributed by atoms with E-state index in [0.717, 1.165) is 0 Å². The Bertz CT molecular complexity index is 524. The third-order valence-corrected chi connectivity index (χ3v) is 3.67. The van der Waals surface area contributed by atoms with Crippen molar-refractivity contribution in [2.45, 2.75) is 13.0 Å². The molecule has 1 amide bonds. The molecule has 1 unspecified atom stereocenters. The number of H-pyrrole nitrogens is 1. The van der Waals surface area contributed by atoms with Crippen LogP contribution in [-0.2, 0) is 0 Å². The van der Waals surface area contributed by atoms with E-state index >= 15 is 0 Å². The van der Waals surface area contributed by atoms with Crippen molar-refractivity contribution in [1.82, 2.24) is 15.3 Å². The molecule has 17 heavy (non-hydrogen) atoms. The molecule has 0 spiro atoms. The van der Waals surface area contributed by atoms with Gasteiger partial charge in [-0.3, -0.25) is 4.79 Å². The van der Waals surface area contributed by atoms with Crippen LogP contribution in [0.15, 0.2) is 18.5 Å². The van der Waals surface area contributed by atoms with Gasteiger partial charge in [0.2, 0.25) is 0 Å². The summed E-state index contributed by atoms with van der Waals surface area (Å²) in [5.41, 5.74) is 0.389. The summed E-state index contributed by atoms with van der Waals surface area (Å²) < 4.78 is 0.880. The summed E-state index contributed by atoms with van der Waals surface area (Å²) in [6.45, 7) is 1.83. The van der Waals surface area contributed by atoms with Gasteiger partial charge in [0.1, 0.15) is 10.2 Å². The Kier molecular flexibility index (Phi) is 3.71. The van der Waals surface area contributed by atoms with E-state index in [0.29, 0.717) is 20.1 Å². The Hall–Kier alpha value is -1.04. The molecule has 0 aliphatic heterocycles. The minimum Gasteiger partial charge on any atom is -0.347 e. The van der Waals surface area contributed by atoms with Gasteiger partial charge in [-0.2, -0.15) is 0 Å². The number of aromatic amines is 1. The van der Waals surface area contributed by atoms with Gasteiger partial charge in [-0.1, -0.05) is 23.2 Å². The van der Waals surface area contributed by atoms with Crippen LogP contribution in [0.5, 0.6) is 0 Å². The number of aromatic nitrogens is 2. The molecule has 0 aromatic carbocycles. The van der Waals surface area contributed by atoms with E-state index in [1.165, 1.54) is 11.3 Å². The molecule has 1 atom stereocenters. The lowest BCUT2D eigenvalue weighted by Gasteiger charge is -2.10. The fraction of sp³-hybridized carbons (Fsp3) is 0.200. The number of imidazole rings is 1. The monoisotopic (exact) mass is 289 g/mol. The van der Waals surface area contributed by atoms with E-state index in [2.05, 4.69) is 15.3 Å². The van der Waals surface area contributed by atoms with Crippen molar-refractivity contribution in [2.24, 2.45) is 0 Å². The van der Waals surface area contributed by atoms with Crippen LogP contribution in [0.25, 0.3) is 0 Å². The van der Waals surface area contributed by atoms with Gasteiger partial charge in [0, 0.05) is 12.4 Å². The number of amides is 1. The number of hydrogen-bond donors (Lipinski definition) is 2. The van der Waals surface area contributed by atoms with E-state index in [4.69, 9.17) is 23.2 Å². The molecular formula is C10H9Cl2N3OS. The van der Waals surface area contributed by atoms with Gasteiger partial charge < -0.3 is 10.3 Å². The van der Waals surface area contributed by atoms with E-state index in [9.17, 15) is 4.79 Å². The second-order valence-corrected chi connectivity index (χ2v) is 5.69. The molecule has 2 rings (SSSR count). The Morgan fingerprint density at radius 2 is 2.35 bits per heavy atom. The van der Waals surface area contributed by atoms with Gasteiger partial charge in [0.15, 0.2) is 0 Å². The van der Waals surface area contributed by atoms with Crippen LogP contribution in [0.4, 0.5) is 0 Å². The topological polar surface area (TPSA) is 57.8 Å². The lowest BCUT2D eigenvalue weighted by molar-refractivity contribution is 0.0939. The molecule has 2 aromatic rings. The van der Waals surface area contributed by atoms with E-state index in [-0.39, 0.29) is 11.9 Å². The van der Waals surface area contributed by atoms with Gasteiger partial charge in [0.05, 0.1) is 15.9 Å². The van der Waals surface area contributed by atoms with E-state index < -0.39 is 0 Å². The van der Waals surface area contributed by atoms with Gasteiger partial charge in [-0.15, -0.1) is 11.3 Å². The molecule has 2 heterocycles. The smallest absolute Gasteiger partial charge is 0.254 e. The third-order valence-electron chi connectivity index (χ3n) is 2.18. The molecule has 2 aromatic heterocycles.